The molecule has 0 saturated carbocycles. The van der Waals surface area contributed by atoms with Crippen molar-refractivity contribution in [1.29, 1.82) is 0 Å². The summed E-state index contributed by atoms with van der Waals surface area (Å²) in [6.07, 6.45) is 3.91. The molecule has 4 heteroatoms. The molecule has 0 aliphatic carbocycles. The molecule has 0 atom stereocenters. The molecule has 156 valence electrons. The van der Waals surface area contributed by atoms with Crippen molar-refractivity contribution in [3.63, 3.8) is 0 Å². The number of carbonyl (C=O) groups excluding carboxylic acids is 1. The second-order valence-corrected chi connectivity index (χ2v) is 7.71. The monoisotopic (exact) mass is 409 g/mol. The van der Waals surface area contributed by atoms with Gasteiger partial charge in [-0.15, -0.1) is 0 Å². The first-order chi connectivity index (χ1) is 15.2. The van der Waals surface area contributed by atoms with Crippen LogP contribution >= 0.6 is 0 Å². The predicted molar refractivity (Wildman–Crippen MR) is 125 cm³/mol. The summed E-state index contributed by atoms with van der Waals surface area (Å²) in [4.78, 5) is 17.4. The molecule has 0 aliphatic rings. The summed E-state index contributed by atoms with van der Waals surface area (Å²) in [6, 6.07) is 28.6. The Kier molecular flexibility index (Phi) is 6.27. The topological polar surface area (TPSA) is 46.9 Å². The molecule has 31 heavy (non-hydrogen) atoms. The molecule has 0 radical (unpaired) electrons. The van der Waals surface area contributed by atoms with Crippen molar-refractivity contribution in [2.24, 2.45) is 0 Å². The van der Waals surface area contributed by atoms with Gasteiger partial charge in [-0.05, 0) is 42.2 Å². The van der Waals surface area contributed by atoms with E-state index in [0.29, 0.717) is 5.69 Å². The standard InChI is InChI=1S/C27H27N3O/c1-3-10-21-15-17-24(18-16-21)29-27(31)25-20(2)30(19-28-25)26(22-11-6-4-7-12-22)23-13-8-5-9-14-23/h4-9,11-19,26H,3,10H2,1-2H3,(H,29,31). The first kappa shape index (κ1) is 20.6. The van der Waals surface area contributed by atoms with E-state index >= 15 is 0 Å². The summed E-state index contributed by atoms with van der Waals surface area (Å²) >= 11 is 0. The number of carbonyl (C=O) groups is 1. The molecule has 0 fully saturated rings. The lowest BCUT2D eigenvalue weighted by molar-refractivity contribution is 0.102. The van der Waals surface area contributed by atoms with Crippen LogP contribution in [0.3, 0.4) is 0 Å². The van der Waals surface area contributed by atoms with Crippen molar-refractivity contribution in [3.8, 4) is 0 Å². The van der Waals surface area contributed by atoms with Crippen LogP contribution in [0.1, 0.15) is 52.3 Å². The Morgan fingerprint density at radius 2 is 1.48 bits per heavy atom. The summed E-state index contributed by atoms with van der Waals surface area (Å²) in [7, 11) is 0. The SMILES string of the molecule is CCCc1ccc(NC(=O)c2ncn(C(c3ccccc3)c3ccccc3)c2C)cc1. The predicted octanol–water partition coefficient (Wildman–Crippen LogP) is 6.03. The van der Waals surface area contributed by atoms with Gasteiger partial charge in [-0.3, -0.25) is 4.79 Å². The fourth-order valence-corrected chi connectivity index (χ4v) is 3.92. The Morgan fingerprint density at radius 1 is 0.903 bits per heavy atom. The molecule has 0 unspecified atom stereocenters. The third-order valence-electron chi connectivity index (χ3n) is 5.52. The van der Waals surface area contributed by atoms with Crippen LogP contribution in [0.4, 0.5) is 5.69 Å². The molecule has 1 amide bonds. The van der Waals surface area contributed by atoms with Gasteiger partial charge in [0.2, 0.25) is 0 Å². The molecule has 1 aromatic heterocycles. The fraction of sp³-hybridized carbons (Fsp3) is 0.185. The molecule has 0 bridgehead atoms. The number of hydrogen-bond acceptors (Lipinski definition) is 2. The molecule has 4 aromatic rings. The fourth-order valence-electron chi connectivity index (χ4n) is 3.92. The van der Waals surface area contributed by atoms with E-state index in [9.17, 15) is 4.79 Å². The highest BCUT2D eigenvalue weighted by Crippen LogP contribution is 2.28. The number of nitrogens with one attached hydrogen (secondary N) is 1. The van der Waals surface area contributed by atoms with Gasteiger partial charge in [0.25, 0.3) is 5.91 Å². The van der Waals surface area contributed by atoms with Crippen LogP contribution in [0.15, 0.2) is 91.3 Å². The van der Waals surface area contributed by atoms with Gasteiger partial charge in [0.05, 0.1) is 12.4 Å². The van der Waals surface area contributed by atoms with Crippen LogP contribution in [0.2, 0.25) is 0 Å². The van der Waals surface area contributed by atoms with E-state index in [-0.39, 0.29) is 11.9 Å². The van der Waals surface area contributed by atoms with Crippen LogP contribution in [0.25, 0.3) is 0 Å². The number of hydrogen-bond donors (Lipinski definition) is 1. The number of imidazole rings is 1. The van der Waals surface area contributed by atoms with E-state index in [1.54, 1.807) is 6.33 Å². The Morgan fingerprint density at radius 3 is 2.03 bits per heavy atom. The molecule has 0 saturated heterocycles. The lowest BCUT2D eigenvalue weighted by atomic mass is 9.98. The quantitative estimate of drug-likeness (QED) is 0.405. The third kappa shape index (κ3) is 4.58. The Hall–Kier alpha value is -3.66. The minimum absolute atomic E-state index is 0.0511. The van der Waals surface area contributed by atoms with Crippen LogP contribution < -0.4 is 5.32 Å². The van der Waals surface area contributed by atoms with E-state index in [4.69, 9.17) is 0 Å². The summed E-state index contributed by atoms with van der Waals surface area (Å²) in [5.74, 6) is -0.195. The molecule has 1 heterocycles. The van der Waals surface area contributed by atoms with Gasteiger partial charge in [-0.1, -0.05) is 86.1 Å². The average Bonchev–Trinajstić information content (AvgIpc) is 3.18. The first-order valence-electron chi connectivity index (χ1n) is 10.7. The van der Waals surface area contributed by atoms with Gasteiger partial charge in [0, 0.05) is 11.4 Å². The van der Waals surface area contributed by atoms with Gasteiger partial charge >= 0.3 is 0 Å². The second kappa shape index (κ2) is 9.43. The number of benzene rings is 3. The maximum absolute atomic E-state index is 13.0. The first-order valence-corrected chi connectivity index (χ1v) is 10.7. The zero-order chi connectivity index (χ0) is 21.6. The van der Waals surface area contributed by atoms with Crippen molar-refractivity contribution >= 4 is 11.6 Å². The zero-order valence-corrected chi connectivity index (χ0v) is 18.0. The summed E-state index contributed by atoms with van der Waals surface area (Å²) in [5, 5.41) is 2.99. The summed E-state index contributed by atoms with van der Waals surface area (Å²) in [5.41, 5.74) is 5.61. The molecule has 0 aliphatic heterocycles. The normalized spacial score (nSPS) is 10.9. The van der Waals surface area contributed by atoms with Gasteiger partial charge in [-0.2, -0.15) is 0 Å². The Labute approximate surface area is 183 Å². The highest BCUT2D eigenvalue weighted by molar-refractivity contribution is 6.03. The lowest BCUT2D eigenvalue weighted by Gasteiger charge is -2.21. The minimum atomic E-state index is -0.195. The minimum Gasteiger partial charge on any atom is -0.322 e. The smallest absolute Gasteiger partial charge is 0.276 e. The van der Waals surface area contributed by atoms with Gasteiger partial charge < -0.3 is 9.88 Å². The number of anilines is 1. The van der Waals surface area contributed by atoms with Gasteiger partial charge in [0.15, 0.2) is 0 Å². The number of rotatable bonds is 7. The van der Waals surface area contributed by atoms with E-state index in [2.05, 4.69) is 58.2 Å². The second-order valence-electron chi connectivity index (χ2n) is 7.71. The Balaban J connectivity index is 1.63. The number of aryl methyl sites for hydroxylation is 1. The average molecular weight is 410 g/mol. The number of nitrogens with zero attached hydrogens (tertiary/aromatic N) is 2. The number of amides is 1. The van der Waals surface area contributed by atoms with Gasteiger partial charge in [-0.25, -0.2) is 4.98 Å². The maximum atomic E-state index is 13.0. The highest BCUT2D eigenvalue weighted by Gasteiger charge is 2.22. The third-order valence-corrected chi connectivity index (χ3v) is 5.52. The van der Waals surface area contributed by atoms with Crippen LogP contribution in [0.5, 0.6) is 0 Å². The van der Waals surface area contributed by atoms with E-state index in [1.165, 1.54) is 5.56 Å². The van der Waals surface area contributed by atoms with Crippen molar-refractivity contribution < 1.29 is 4.79 Å². The Bertz CT molecular complexity index is 1090. The van der Waals surface area contributed by atoms with Gasteiger partial charge in [0.1, 0.15) is 5.69 Å². The van der Waals surface area contributed by atoms with E-state index in [1.807, 2.05) is 55.5 Å². The van der Waals surface area contributed by atoms with Crippen molar-refractivity contribution in [3.05, 3.63) is 119 Å². The maximum Gasteiger partial charge on any atom is 0.276 e. The molecule has 4 rings (SSSR count). The largest absolute Gasteiger partial charge is 0.322 e. The van der Waals surface area contributed by atoms with Crippen molar-refractivity contribution in [2.45, 2.75) is 32.7 Å². The zero-order valence-electron chi connectivity index (χ0n) is 18.0. The summed E-state index contributed by atoms with van der Waals surface area (Å²) < 4.78 is 2.07. The van der Waals surface area contributed by atoms with Crippen molar-refractivity contribution in [1.82, 2.24) is 9.55 Å². The lowest BCUT2D eigenvalue weighted by Crippen LogP contribution is -2.16. The molecule has 3 aromatic carbocycles. The van der Waals surface area contributed by atoms with Crippen LogP contribution in [-0.2, 0) is 6.42 Å². The number of aromatic nitrogens is 2. The van der Waals surface area contributed by atoms with Crippen LogP contribution in [0, 0.1) is 6.92 Å². The highest BCUT2D eigenvalue weighted by atomic mass is 16.1. The molecular formula is C27H27N3O. The van der Waals surface area contributed by atoms with E-state index in [0.717, 1.165) is 35.3 Å². The summed E-state index contributed by atoms with van der Waals surface area (Å²) in [6.45, 7) is 4.11. The molecule has 4 nitrogen and oxygen atoms in total. The molecule has 0 spiro atoms. The molecular weight excluding hydrogens is 382 g/mol. The van der Waals surface area contributed by atoms with Crippen LogP contribution in [-0.4, -0.2) is 15.5 Å². The van der Waals surface area contributed by atoms with E-state index < -0.39 is 0 Å². The molecule has 1 N–H and O–H groups in total. The van der Waals surface area contributed by atoms with Crippen molar-refractivity contribution in [2.75, 3.05) is 5.32 Å².